The Morgan fingerprint density at radius 1 is 1.27 bits per heavy atom. The topological polar surface area (TPSA) is 55.0 Å². The van der Waals surface area contributed by atoms with Gasteiger partial charge in [0.05, 0.1) is 25.2 Å². The molecule has 0 unspecified atom stereocenters. The van der Waals surface area contributed by atoms with E-state index in [1.54, 1.807) is 13.3 Å². The normalized spacial score (nSPS) is 9.93. The van der Waals surface area contributed by atoms with Crippen LogP contribution in [0.15, 0.2) is 41.5 Å². The third kappa shape index (κ3) is 1.88. The number of hydrogen-bond acceptors (Lipinski definition) is 3. The summed E-state index contributed by atoms with van der Waals surface area (Å²) in [5.41, 5.74) is 1.25. The van der Waals surface area contributed by atoms with E-state index in [4.69, 9.17) is 4.74 Å². The summed E-state index contributed by atoms with van der Waals surface area (Å²) in [7, 11) is 1.59. The van der Waals surface area contributed by atoms with E-state index in [-0.39, 0.29) is 5.56 Å². The van der Waals surface area contributed by atoms with E-state index in [9.17, 15) is 4.79 Å². The highest BCUT2D eigenvalue weighted by Crippen LogP contribution is 2.26. The summed E-state index contributed by atoms with van der Waals surface area (Å²) in [6.07, 6.45) is 2.83. The van der Waals surface area contributed by atoms with Crippen LogP contribution in [-0.4, -0.2) is 17.1 Å². The predicted molar refractivity (Wildman–Crippen MR) is 56.8 cm³/mol. The Balaban J connectivity index is 2.58. The monoisotopic (exact) mass is 202 g/mol. The fourth-order valence-corrected chi connectivity index (χ4v) is 1.38. The number of aromatic nitrogens is 2. The Labute approximate surface area is 86.6 Å². The molecule has 0 spiro atoms. The zero-order valence-corrected chi connectivity index (χ0v) is 8.23. The van der Waals surface area contributed by atoms with E-state index in [2.05, 4.69) is 9.97 Å². The van der Waals surface area contributed by atoms with Crippen molar-refractivity contribution in [3.63, 3.8) is 0 Å². The van der Waals surface area contributed by atoms with Gasteiger partial charge in [-0.1, -0.05) is 12.1 Å². The first-order valence-corrected chi connectivity index (χ1v) is 4.49. The maximum atomic E-state index is 11.1. The van der Waals surface area contributed by atoms with Crippen LogP contribution in [0.2, 0.25) is 0 Å². The van der Waals surface area contributed by atoms with Gasteiger partial charge in [0.25, 0.3) is 5.56 Å². The molecule has 1 N–H and O–H groups in total. The van der Waals surface area contributed by atoms with Crippen molar-refractivity contribution in [2.45, 2.75) is 0 Å². The summed E-state index contributed by atoms with van der Waals surface area (Å²) in [5, 5.41) is 0. The number of hydrogen-bond donors (Lipinski definition) is 1. The van der Waals surface area contributed by atoms with Crippen molar-refractivity contribution in [1.82, 2.24) is 9.97 Å². The smallest absolute Gasteiger partial charge is 0.266 e. The van der Waals surface area contributed by atoms with E-state index in [1.165, 1.54) is 6.20 Å². The lowest BCUT2D eigenvalue weighted by Crippen LogP contribution is -2.06. The van der Waals surface area contributed by atoms with Crippen molar-refractivity contribution in [1.29, 1.82) is 0 Å². The van der Waals surface area contributed by atoms with Crippen molar-refractivity contribution >= 4 is 0 Å². The van der Waals surface area contributed by atoms with Crippen LogP contribution in [0.4, 0.5) is 0 Å². The number of benzene rings is 1. The van der Waals surface area contributed by atoms with Crippen LogP contribution >= 0.6 is 0 Å². The van der Waals surface area contributed by atoms with Crippen LogP contribution in [0.25, 0.3) is 11.3 Å². The fraction of sp³-hybridized carbons (Fsp3) is 0.0909. The molecule has 4 nitrogen and oxygen atoms in total. The van der Waals surface area contributed by atoms with Crippen LogP contribution in [-0.2, 0) is 0 Å². The van der Waals surface area contributed by atoms with Gasteiger partial charge >= 0.3 is 0 Å². The standard InChI is InChI=1S/C11H10N2O2/c1-15-10-5-3-2-4-8(10)9-6-12-7-11(14)13-9/h2-7H,1H3,(H,13,14). The molecule has 1 heterocycles. The number of nitrogens with zero attached hydrogens (tertiary/aromatic N) is 1. The largest absolute Gasteiger partial charge is 0.496 e. The minimum absolute atomic E-state index is 0.224. The second-order valence-electron chi connectivity index (χ2n) is 3.01. The predicted octanol–water partition coefficient (Wildman–Crippen LogP) is 1.45. The van der Waals surface area contributed by atoms with Crippen LogP contribution in [0, 0.1) is 0 Å². The summed E-state index contributed by atoms with van der Waals surface area (Å²) in [6, 6.07) is 7.45. The van der Waals surface area contributed by atoms with Gasteiger partial charge in [0.2, 0.25) is 0 Å². The van der Waals surface area contributed by atoms with Crippen molar-refractivity contribution in [3.05, 3.63) is 47.0 Å². The summed E-state index contributed by atoms with van der Waals surface area (Å²) < 4.78 is 5.19. The van der Waals surface area contributed by atoms with E-state index in [1.807, 2.05) is 24.3 Å². The van der Waals surface area contributed by atoms with Crippen molar-refractivity contribution in [2.24, 2.45) is 0 Å². The SMILES string of the molecule is COc1ccccc1-c1cncc(=O)[nH]1. The summed E-state index contributed by atoms with van der Waals surface area (Å²) >= 11 is 0. The Morgan fingerprint density at radius 3 is 2.80 bits per heavy atom. The van der Waals surface area contributed by atoms with Crippen LogP contribution < -0.4 is 10.3 Å². The lowest BCUT2D eigenvalue weighted by molar-refractivity contribution is 0.416. The highest BCUT2D eigenvalue weighted by atomic mass is 16.5. The molecule has 0 aliphatic heterocycles. The van der Waals surface area contributed by atoms with Gasteiger partial charge in [-0.2, -0.15) is 0 Å². The molecule has 0 saturated carbocycles. The van der Waals surface area contributed by atoms with Gasteiger partial charge in [0.1, 0.15) is 5.75 Å². The summed E-state index contributed by atoms with van der Waals surface area (Å²) in [5.74, 6) is 0.709. The molecular weight excluding hydrogens is 192 g/mol. The molecule has 76 valence electrons. The summed E-state index contributed by atoms with van der Waals surface area (Å²) in [6.45, 7) is 0. The first-order valence-electron chi connectivity index (χ1n) is 4.49. The zero-order chi connectivity index (χ0) is 10.7. The Kier molecular flexibility index (Phi) is 2.49. The molecule has 0 aliphatic rings. The molecule has 15 heavy (non-hydrogen) atoms. The minimum atomic E-state index is -0.224. The Hall–Kier alpha value is -2.10. The number of H-pyrrole nitrogens is 1. The molecule has 0 amide bonds. The number of para-hydroxylation sites is 1. The zero-order valence-electron chi connectivity index (χ0n) is 8.23. The second-order valence-corrected chi connectivity index (χ2v) is 3.01. The molecule has 1 aromatic heterocycles. The molecule has 2 rings (SSSR count). The number of rotatable bonds is 2. The molecule has 0 fully saturated rings. The number of aromatic amines is 1. The highest BCUT2D eigenvalue weighted by molar-refractivity contribution is 5.65. The number of nitrogens with one attached hydrogen (secondary N) is 1. The molecular formula is C11H10N2O2. The summed E-state index contributed by atoms with van der Waals surface area (Å²) in [4.78, 5) is 17.6. The van der Waals surface area contributed by atoms with E-state index in [0.717, 1.165) is 5.56 Å². The lowest BCUT2D eigenvalue weighted by atomic mass is 10.1. The third-order valence-corrected chi connectivity index (χ3v) is 2.05. The molecule has 4 heteroatoms. The van der Waals surface area contributed by atoms with Crippen LogP contribution in [0.1, 0.15) is 0 Å². The maximum Gasteiger partial charge on any atom is 0.266 e. The van der Waals surface area contributed by atoms with Crippen molar-refractivity contribution in [3.8, 4) is 17.0 Å². The lowest BCUT2D eigenvalue weighted by Gasteiger charge is -2.06. The van der Waals surface area contributed by atoms with E-state index < -0.39 is 0 Å². The van der Waals surface area contributed by atoms with Gasteiger partial charge in [0.15, 0.2) is 0 Å². The molecule has 0 saturated heterocycles. The van der Waals surface area contributed by atoms with Gasteiger partial charge in [-0.05, 0) is 12.1 Å². The average molecular weight is 202 g/mol. The molecule has 0 aliphatic carbocycles. The van der Waals surface area contributed by atoms with Gasteiger partial charge in [0, 0.05) is 5.56 Å². The Morgan fingerprint density at radius 2 is 2.07 bits per heavy atom. The van der Waals surface area contributed by atoms with E-state index >= 15 is 0 Å². The first kappa shape index (κ1) is 9.45. The molecule has 1 aromatic carbocycles. The van der Waals surface area contributed by atoms with Crippen LogP contribution in [0.3, 0.4) is 0 Å². The fourth-order valence-electron chi connectivity index (χ4n) is 1.38. The maximum absolute atomic E-state index is 11.1. The van der Waals surface area contributed by atoms with Crippen molar-refractivity contribution < 1.29 is 4.74 Å². The van der Waals surface area contributed by atoms with Crippen molar-refractivity contribution in [2.75, 3.05) is 7.11 Å². The second kappa shape index (κ2) is 3.96. The molecule has 2 aromatic rings. The third-order valence-electron chi connectivity index (χ3n) is 2.05. The highest BCUT2D eigenvalue weighted by Gasteiger charge is 2.04. The molecule has 0 radical (unpaired) electrons. The van der Waals surface area contributed by atoms with Gasteiger partial charge < -0.3 is 9.72 Å². The first-order chi connectivity index (χ1) is 7.31. The van der Waals surface area contributed by atoms with E-state index in [0.29, 0.717) is 11.4 Å². The number of methoxy groups -OCH3 is 1. The van der Waals surface area contributed by atoms with Gasteiger partial charge in [-0.15, -0.1) is 0 Å². The quantitative estimate of drug-likeness (QED) is 0.801. The number of ether oxygens (including phenoxy) is 1. The molecule has 0 atom stereocenters. The minimum Gasteiger partial charge on any atom is -0.496 e. The van der Waals surface area contributed by atoms with Gasteiger partial charge in [-0.25, -0.2) is 0 Å². The Bertz CT molecular complexity index is 520. The van der Waals surface area contributed by atoms with Crippen LogP contribution in [0.5, 0.6) is 5.75 Å². The molecule has 0 bridgehead atoms. The van der Waals surface area contributed by atoms with Gasteiger partial charge in [-0.3, -0.25) is 9.78 Å². The average Bonchev–Trinajstić information content (AvgIpc) is 2.29.